The van der Waals surface area contributed by atoms with Crippen molar-refractivity contribution < 1.29 is 4.42 Å². The number of benzene rings is 9. The molecule has 3 aromatic heterocycles. The largest absolute Gasteiger partial charge is 0.456 e. The van der Waals surface area contributed by atoms with Gasteiger partial charge >= 0.3 is 0 Å². The van der Waals surface area contributed by atoms with Gasteiger partial charge < -0.3 is 4.42 Å². The summed E-state index contributed by atoms with van der Waals surface area (Å²) in [5.41, 5.74) is 13.7. The number of hydrogen-bond donors (Lipinski definition) is 0. The predicted octanol–water partition coefficient (Wildman–Crippen LogP) is 14.4. The fourth-order valence-corrected chi connectivity index (χ4v) is 8.99. The topological polar surface area (TPSA) is 43.9 Å². The third-order valence-electron chi connectivity index (χ3n) is 11.6. The molecule has 12 rings (SSSR count). The lowest BCUT2D eigenvalue weighted by Crippen LogP contribution is -2.04. The maximum atomic E-state index is 6.26. The number of fused-ring (bicyclic) bond motifs is 9. The molecule has 0 fully saturated rings. The van der Waals surface area contributed by atoms with Crippen LogP contribution in [0.4, 0.5) is 0 Å². The molecule has 0 aliphatic rings. The number of furan rings is 1. The second-order valence-electron chi connectivity index (χ2n) is 14.9. The molecule has 0 saturated carbocycles. The van der Waals surface area contributed by atoms with Gasteiger partial charge in [-0.3, -0.25) is 4.57 Å². The Morgan fingerprint density at radius 1 is 0.362 bits per heavy atom. The second-order valence-corrected chi connectivity index (χ2v) is 14.9. The summed E-state index contributed by atoms with van der Waals surface area (Å²) < 4.78 is 8.57. The maximum Gasteiger partial charge on any atom is 0.235 e. The zero-order valence-electron chi connectivity index (χ0n) is 31.3. The van der Waals surface area contributed by atoms with Crippen molar-refractivity contribution in [2.75, 3.05) is 0 Å². The standard InChI is InChI=1S/C54H33N3O/c1-2-15-35(16-3-1)51-45-22-6-8-27-47(45)55-54(56-51)57-52-41-21-5-4-14-34(41)30-31-44(52)43-26-12-25-42(53(43)57)39-20-11-18-37(33-39)36-17-10-19-38(32-36)40-24-13-29-49-50(40)46-23-7-9-28-48(46)58-49/h1-33H. The van der Waals surface area contributed by atoms with Crippen molar-refractivity contribution in [3.8, 4) is 50.6 Å². The van der Waals surface area contributed by atoms with Crippen molar-refractivity contribution in [2.24, 2.45) is 0 Å². The Morgan fingerprint density at radius 3 is 1.79 bits per heavy atom. The van der Waals surface area contributed by atoms with E-state index in [1.807, 2.05) is 18.2 Å². The molecule has 9 aromatic carbocycles. The molecule has 0 aliphatic heterocycles. The molecule has 0 unspecified atom stereocenters. The third-order valence-corrected chi connectivity index (χ3v) is 11.6. The minimum absolute atomic E-state index is 0.645. The molecule has 0 aliphatic carbocycles. The van der Waals surface area contributed by atoms with E-state index in [9.17, 15) is 0 Å². The fourth-order valence-electron chi connectivity index (χ4n) is 8.99. The first-order valence-electron chi connectivity index (χ1n) is 19.7. The molecule has 58 heavy (non-hydrogen) atoms. The molecule has 0 saturated heterocycles. The van der Waals surface area contributed by atoms with E-state index in [1.54, 1.807) is 0 Å². The lowest BCUT2D eigenvalue weighted by Gasteiger charge is -2.15. The van der Waals surface area contributed by atoms with E-state index in [-0.39, 0.29) is 0 Å². The first kappa shape index (κ1) is 32.4. The van der Waals surface area contributed by atoms with Gasteiger partial charge in [0.05, 0.1) is 22.2 Å². The molecule has 0 amide bonds. The summed E-state index contributed by atoms with van der Waals surface area (Å²) in [7, 11) is 0. The van der Waals surface area contributed by atoms with Crippen LogP contribution in [0.2, 0.25) is 0 Å². The Morgan fingerprint density at radius 2 is 0.948 bits per heavy atom. The summed E-state index contributed by atoms with van der Waals surface area (Å²) in [5, 5.41) is 7.94. The Hall–Kier alpha value is -7.82. The van der Waals surface area contributed by atoms with Gasteiger partial charge in [-0.15, -0.1) is 0 Å². The van der Waals surface area contributed by atoms with Crippen LogP contribution in [-0.2, 0) is 0 Å². The minimum atomic E-state index is 0.645. The van der Waals surface area contributed by atoms with Crippen LogP contribution in [0.15, 0.2) is 205 Å². The van der Waals surface area contributed by atoms with Crippen LogP contribution in [0.25, 0.3) is 116 Å². The van der Waals surface area contributed by atoms with E-state index in [0.29, 0.717) is 5.95 Å². The summed E-state index contributed by atoms with van der Waals surface area (Å²) in [4.78, 5) is 10.8. The van der Waals surface area contributed by atoms with Crippen molar-refractivity contribution in [3.05, 3.63) is 200 Å². The Labute approximate surface area is 333 Å². The van der Waals surface area contributed by atoms with Crippen LogP contribution < -0.4 is 0 Å². The molecule has 0 bridgehead atoms. The Kier molecular flexibility index (Phi) is 7.20. The average molecular weight is 740 g/mol. The van der Waals surface area contributed by atoms with E-state index in [0.717, 1.165) is 99.3 Å². The van der Waals surface area contributed by atoms with Gasteiger partial charge in [0.1, 0.15) is 11.2 Å². The molecular formula is C54H33N3O. The van der Waals surface area contributed by atoms with Gasteiger partial charge in [0.25, 0.3) is 0 Å². The second kappa shape index (κ2) is 12.9. The molecule has 3 heterocycles. The SMILES string of the molecule is c1ccc(-c2nc(-n3c4c(-c5cccc(-c6cccc(-c7cccc8oc9ccccc9c78)c6)c5)cccc4c4ccc5ccccc5c43)nc3ccccc23)cc1. The summed E-state index contributed by atoms with van der Waals surface area (Å²) in [6, 6.07) is 70.9. The van der Waals surface area contributed by atoms with Crippen molar-refractivity contribution in [2.45, 2.75) is 0 Å². The van der Waals surface area contributed by atoms with E-state index in [4.69, 9.17) is 14.4 Å². The highest BCUT2D eigenvalue weighted by atomic mass is 16.3. The van der Waals surface area contributed by atoms with Crippen molar-refractivity contribution in [1.82, 2.24) is 14.5 Å². The summed E-state index contributed by atoms with van der Waals surface area (Å²) in [6.07, 6.45) is 0. The summed E-state index contributed by atoms with van der Waals surface area (Å²) in [6.45, 7) is 0. The zero-order chi connectivity index (χ0) is 38.2. The molecule has 0 atom stereocenters. The molecule has 4 nitrogen and oxygen atoms in total. The lowest BCUT2D eigenvalue weighted by molar-refractivity contribution is 0.669. The van der Waals surface area contributed by atoms with E-state index in [2.05, 4.69) is 187 Å². The Bertz CT molecular complexity index is 3580. The molecule has 4 heteroatoms. The van der Waals surface area contributed by atoms with Crippen LogP contribution in [0, 0.1) is 0 Å². The normalized spacial score (nSPS) is 11.8. The van der Waals surface area contributed by atoms with Crippen molar-refractivity contribution in [1.29, 1.82) is 0 Å². The van der Waals surface area contributed by atoms with Gasteiger partial charge in [-0.2, -0.15) is 0 Å². The summed E-state index contributed by atoms with van der Waals surface area (Å²) >= 11 is 0. The van der Waals surface area contributed by atoms with Gasteiger partial charge in [-0.25, -0.2) is 9.97 Å². The van der Waals surface area contributed by atoms with Crippen LogP contribution in [0.1, 0.15) is 0 Å². The lowest BCUT2D eigenvalue weighted by atomic mass is 9.94. The van der Waals surface area contributed by atoms with E-state index >= 15 is 0 Å². The number of para-hydroxylation sites is 3. The van der Waals surface area contributed by atoms with Crippen LogP contribution in [-0.4, -0.2) is 14.5 Å². The highest BCUT2D eigenvalue weighted by Crippen LogP contribution is 2.43. The van der Waals surface area contributed by atoms with Gasteiger partial charge in [0.2, 0.25) is 5.95 Å². The minimum Gasteiger partial charge on any atom is -0.456 e. The average Bonchev–Trinajstić information content (AvgIpc) is 3.86. The highest BCUT2D eigenvalue weighted by molar-refractivity contribution is 6.21. The molecule has 0 radical (unpaired) electrons. The highest BCUT2D eigenvalue weighted by Gasteiger charge is 2.22. The first-order chi connectivity index (χ1) is 28.8. The molecular weight excluding hydrogens is 707 g/mol. The quantitative estimate of drug-likeness (QED) is 0.177. The van der Waals surface area contributed by atoms with Crippen LogP contribution in [0.5, 0.6) is 0 Å². The van der Waals surface area contributed by atoms with Gasteiger partial charge in [-0.1, -0.05) is 170 Å². The van der Waals surface area contributed by atoms with E-state index < -0.39 is 0 Å². The van der Waals surface area contributed by atoms with E-state index in [1.165, 1.54) is 10.8 Å². The third kappa shape index (κ3) is 5.02. The predicted molar refractivity (Wildman–Crippen MR) is 240 cm³/mol. The number of rotatable bonds is 5. The monoisotopic (exact) mass is 739 g/mol. The Balaban J connectivity index is 1.09. The van der Waals surface area contributed by atoms with Crippen molar-refractivity contribution in [3.63, 3.8) is 0 Å². The summed E-state index contributed by atoms with van der Waals surface area (Å²) in [5.74, 6) is 0.645. The molecule has 0 N–H and O–H groups in total. The number of aromatic nitrogens is 3. The smallest absolute Gasteiger partial charge is 0.235 e. The van der Waals surface area contributed by atoms with Gasteiger partial charge in [0, 0.05) is 43.4 Å². The van der Waals surface area contributed by atoms with Crippen molar-refractivity contribution >= 4 is 65.4 Å². The first-order valence-corrected chi connectivity index (χ1v) is 19.7. The fraction of sp³-hybridized carbons (Fsp3) is 0. The van der Waals surface area contributed by atoms with Gasteiger partial charge in [0.15, 0.2) is 0 Å². The number of nitrogens with zero attached hydrogens (tertiary/aromatic N) is 3. The molecule has 12 aromatic rings. The van der Waals surface area contributed by atoms with Crippen LogP contribution in [0.3, 0.4) is 0 Å². The van der Waals surface area contributed by atoms with Crippen LogP contribution >= 0.6 is 0 Å². The molecule has 0 spiro atoms. The van der Waals surface area contributed by atoms with Gasteiger partial charge in [-0.05, 0) is 63.5 Å². The number of hydrogen-bond acceptors (Lipinski definition) is 3. The molecule has 270 valence electrons. The maximum absolute atomic E-state index is 6.26. The zero-order valence-corrected chi connectivity index (χ0v) is 31.3.